The van der Waals surface area contributed by atoms with Gasteiger partial charge in [-0.3, -0.25) is 4.99 Å². The van der Waals surface area contributed by atoms with Gasteiger partial charge in [-0.15, -0.1) is 24.0 Å². The van der Waals surface area contributed by atoms with Crippen molar-refractivity contribution < 1.29 is 12.8 Å². The number of para-hydroxylation sites is 1. The lowest BCUT2D eigenvalue weighted by Crippen LogP contribution is -2.37. The predicted octanol–water partition coefficient (Wildman–Crippen LogP) is 3.36. The van der Waals surface area contributed by atoms with E-state index in [1.54, 1.807) is 19.2 Å². The van der Waals surface area contributed by atoms with Crippen LogP contribution in [0.1, 0.15) is 11.3 Å². The zero-order valence-electron chi connectivity index (χ0n) is 15.8. The summed E-state index contributed by atoms with van der Waals surface area (Å²) in [4.78, 5) is 4.54. The number of halogens is 1. The molecule has 28 heavy (non-hydrogen) atoms. The summed E-state index contributed by atoms with van der Waals surface area (Å²) in [6.45, 7) is 1.22. The Morgan fingerprint density at radius 3 is 2.43 bits per heavy atom. The fourth-order valence-electron chi connectivity index (χ4n) is 2.74. The summed E-state index contributed by atoms with van der Waals surface area (Å²) in [7, 11) is -1.44. The van der Waals surface area contributed by atoms with Crippen LogP contribution >= 0.6 is 24.0 Å². The molecule has 0 radical (unpaired) electrons. The van der Waals surface area contributed by atoms with Gasteiger partial charge in [0.25, 0.3) is 0 Å². The van der Waals surface area contributed by atoms with Crippen LogP contribution in [0.4, 0.5) is 0 Å². The van der Waals surface area contributed by atoms with E-state index in [-0.39, 0.29) is 24.0 Å². The van der Waals surface area contributed by atoms with Crippen molar-refractivity contribution in [3.8, 4) is 0 Å². The number of hydrogen-bond acceptors (Lipinski definition) is 4. The van der Waals surface area contributed by atoms with E-state index in [0.29, 0.717) is 23.9 Å². The Labute approximate surface area is 182 Å². The molecule has 3 rings (SSSR count). The van der Waals surface area contributed by atoms with Crippen LogP contribution in [0.5, 0.6) is 0 Å². The molecule has 1 heterocycles. The maximum absolute atomic E-state index is 11.5. The molecule has 3 aromatic rings. The van der Waals surface area contributed by atoms with Gasteiger partial charge in [0.2, 0.25) is 0 Å². The minimum absolute atomic E-state index is 0. The quantitative estimate of drug-likeness (QED) is 0.300. The Balaban J connectivity index is 0.00000280. The van der Waals surface area contributed by atoms with Crippen molar-refractivity contribution in [2.75, 3.05) is 19.8 Å². The lowest BCUT2D eigenvalue weighted by Gasteiger charge is -2.11. The van der Waals surface area contributed by atoms with Crippen LogP contribution in [0.15, 0.2) is 68.9 Å². The Hall–Kier alpha value is -2.07. The van der Waals surface area contributed by atoms with Crippen molar-refractivity contribution in [2.45, 2.75) is 17.9 Å². The number of furan rings is 1. The third-order valence-electron chi connectivity index (χ3n) is 4.19. The third-order valence-corrected chi connectivity index (χ3v) is 5.32. The molecule has 0 fully saturated rings. The molecule has 2 N–H and O–H groups in total. The summed E-state index contributed by atoms with van der Waals surface area (Å²) in [6, 6.07) is 16.9. The van der Waals surface area contributed by atoms with Crippen molar-refractivity contribution >= 4 is 50.7 Å². The molecule has 0 bridgehead atoms. The summed E-state index contributed by atoms with van der Waals surface area (Å²) >= 11 is 0. The van der Waals surface area contributed by atoms with Gasteiger partial charge < -0.3 is 15.1 Å². The topological polar surface area (TPSA) is 83.7 Å². The molecule has 8 heteroatoms. The average Bonchev–Trinajstić information content (AvgIpc) is 3.07. The highest BCUT2D eigenvalue weighted by Crippen LogP contribution is 2.18. The highest BCUT2D eigenvalue weighted by molar-refractivity contribution is 14.0. The normalized spacial score (nSPS) is 11.9. The molecule has 0 amide bonds. The first-order chi connectivity index (χ1) is 13.0. The van der Waals surface area contributed by atoms with E-state index in [4.69, 9.17) is 4.42 Å². The molecule has 6 nitrogen and oxygen atoms in total. The van der Waals surface area contributed by atoms with Gasteiger partial charge in [-0.25, -0.2) is 8.42 Å². The largest absolute Gasteiger partial charge is 0.459 e. The zero-order chi connectivity index (χ0) is 19.3. The van der Waals surface area contributed by atoms with Gasteiger partial charge in [-0.1, -0.05) is 30.3 Å². The number of benzene rings is 2. The first-order valence-electron chi connectivity index (χ1n) is 8.67. The molecule has 150 valence electrons. The molecule has 0 aliphatic rings. The number of guanidine groups is 1. The minimum Gasteiger partial charge on any atom is -0.459 e. The molecule has 0 spiro atoms. The van der Waals surface area contributed by atoms with Crippen LogP contribution in [0, 0.1) is 0 Å². The first-order valence-corrected chi connectivity index (χ1v) is 10.6. The second kappa shape index (κ2) is 9.92. The van der Waals surface area contributed by atoms with Gasteiger partial charge in [0.15, 0.2) is 15.8 Å². The summed E-state index contributed by atoms with van der Waals surface area (Å²) in [5, 5.41) is 7.55. The monoisotopic (exact) mass is 513 g/mol. The van der Waals surface area contributed by atoms with Gasteiger partial charge in [0, 0.05) is 25.2 Å². The van der Waals surface area contributed by atoms with Crippen LogP contribution in [0.25, 0.3) is 11.0 Å². The van der Waals surface area contributed by atoms with Gasteiger partial charge in [-0.05, 0) is 36.2 Å². The first kappa shape index (κ1) is 22.2. The lowest BCUT2D eigenvalue weighted by atomic mass is 10.1. The van der Waals surface area contributed by atoms with E-state index in [0.717, 1.165) is 28.7 Å². The number of hydrogen-bond donors (Lipinski definition) is 2. The fraction of sp³-hybridized carbons (Fsp3) is 0.250. The van der Waals surface area contributed by atoms with E-state index in [9.17, 15) is 8.42 Å². The maximum atomic E-state index is 11.5. The smallest absolute Gasteiger partial charge is 0.191 e. The molecule has 0 saturated carbocycles. The number of sulfone groups is 1. The SMILES string of the molecule is CN=C(NCCc1ccc(S(C)(=O)=O)cc1)NCc1cc2ccccc2o1.I. The summed E-state index contributed by atoms with van der Waals surface area (Å²) in [5.41, 5.74) is 1.93. The van der Waals surface area contributed by atoms with E-state index >= 15 is 0 Å². The molecule has 0 aliphatic carbocycles. The van der Waals surface area contributed by atoms with E-state index in [1.165, 1.54) is 6.26 Å². The average molecular weight is 513 g/mol. The Morgan fingerprint density at radius 1 is 1.07 bits per heavy atom. The van der Waals surface area contributed by atoms with Crippen molar-refractivity contribution in [1.82, 2.24) is 10.6 Å². The van der Waals surface area contributed by atoms with Crippen molar-refractivity contribution in [3.05, 3.63) is 65.9 Å². The van der Waals surface area contributed by atoms with Crippen molar-refractivity contribution in [1.29, 1.82) is 0 Å². The van der Waals surface area contributed by atoms with Crippen molar-refractivity contribution in [2.24, 2.45) is 4.99 Å². The van der Waals surface area contributed by atoms with E-state index in [2.05, 4.69) is 15.6 Å². The molecule has 0 atom stereocenters. The maximum Gasteiger partial charge on any atom is 0.191 e. The lowest BCUT2D eigenvalue weighted by molar-refractivity contribution is 0.538. The minimum atomic E-state index is -3.15. The summed E-state index contributed by atoms with van der Waals surface area (Å²) in [6.07, 6.45) is 1.97. The van der Waals surface area contributed by atoms with Gasteiger partial charge in [0.1, 0.15) is 11.3 Å². The number of fused-ring (bicyclic) bond motifs is 1. The molecular weight excluding hydrogens is 489 g/mol. The van der Waals surface area contributed by atoms with Crippen LogP contribution < -0.4 is 10.6 Å². The number of nitrogens with one attached hydrogen (secondary N) is 2. The highest BCUT2D eigenvalue weighted by Gasteiger charge is 2.07. The van der Waals surface area contributed by atoms with E-state index < -0.39 is 9.84 Å². The van der Waals surface area contributed by atoms with Gasteiger partial charge in [0.05, 0.1) is 11.4 Å². The highest BCUT2D eigenvalue weighted by atomic mass is 127. The Bertz CT molecular complexity index is 1010. The Kier molecular flexibility index (Phi) is 7.88. The van der Waals surface area contributed by atoms with Crippen LogP contribution in [-0.4, -0.2) is 34.2 Å². The second-order valence-electron chi connectivity index (χ2n) is 6.27. The van der Waals surface area contributed by atoms with Crippen molar-refractivity contribution in [3.63, 3.8) is 0 Å². The third kappa shape index (κ3) is 5.96. The molecular formula is C20H24IN3O3S. The number of nitrogens with zero attached hydrogens (tertiary/aromatic N) is 1. The Morgan fingerprint density at radius 2 is 1.79 bits per heavy atom. The number of aliphatic imine (C=N–C) groups is 1. The van der Waals surface area contributed by atoms with Gasteiger partial charge in [-0.2, -0.15) is 0 Å². The molecule has 0 saturated heterocycles. The molecule has 0 unspecified atom stereocenters. The van der Waals surface area contributed by atoms with Gasteiger partial charge >= 0.3 is 0 Å². The summed E-state index contributed by atoms with van der Waals surface area (Å²) < 4.78 is 28.8. The number of rotatable bonds is 6. The fourth-order valence-corrected chi connectivity index (χ4v) is 3.37. The van der Waals surface area contributed by atoms with E-state index in [1.807, 2.05) is 42.5 Å². The second-order valence-corrected chi connectivity index (χ2v) is 8.28. The summed E-state index contributed by atoms with van der Waals surface area (Å²) in [5.74, 6) is 1.53. The molecule has 2 aromatic carbocycles. The van der Waals surface area contributed by atoms with Crippen LogP contribution in [0.3, 0.4) is 0 Å². The predicted molar refractivity (Wildman–Crippen MR) is 123 cm³/mol. The molecule has 0 aliphatic heterocycles. The standard InChI is InChI=1S/C20H23N3O3S.HI/c1-21-20(23-14-17-13-16-5-3-4-6-19(16)26-17)22-12-11-15-7-9-18(10-8-15)27(2,24)25;/h3-10,13H,11-12,14H2,1-2H3,(H2,21,22,23);1H. The zero-order valence-corrected chi connectivity index (χ0v) is 19.0. The van der Waals surface area contributed by atoms with Crippen LogP contribution in [-0.2, 0) is 22.8 Å². The molecule has 1 aromatic heterocycles. The van der Waals surface area contributed by atoms with Crippen LogP contribution in [0.2, 0.25) is 0 Å².